The fourth-order valence-electron chi connectivity index (χ4n) is 10.1. The number of thiophene rings is 1. The molecule has 70 heavy (non-hydrogen) atoms. The van der Waals surface area contributed by atoms with Crippen molar-refractivity contribution in [3.63, 3.8) is 0 Å². The van der Waals surface area contributed by atoms with Crippen LogP contribution in [0.3, 0.4) is 0 Å². The summed E-state index contributed by atoms with van der Waals surface area (Å²) in [5.74, 6) is -1.11. The second-order valence-corrected chi connectivity index (χ2v) is 21.1. The Kier molecular flexibility index (Phi) is 13.8. The summed E-state index contributed by atoms with van der Waals surface area (Å²) in [4.78, 5) is 46.0. The maximum Gasteiger partial charge on any atom is 0.407 e. The predicted octanol–water partition coefficient (Wildman–Crippen LogP) is 10.7. The Morgan fingerprint density at radius 3 is 2.26 bits per heavy atom. The zero-order valence-corrected chi connectivity index (χ0v) is 40.2. The molecule has 13 heteroatoms. The van der Waals surface area contributed by atoms with E-state index < -0.39 is 39.3 Å². The third-order valence-electron chi connectivity index (χ3n) is 13.5. The van der Waals surface area contributed by atoms with Gasteiger partial charge in [-0.1, -0.05) is 121 Å². The standard InChI is InChI=1S/C50H44N2O5S.C7H9NO3S/c53-48(30-51-50(54)56-31-45-41-16-5-3-14-39(41)40-15-4-6-17-42(40)45)52(57-49-18-7-8-27-55-49)36-12-9-11-34(29-36)46-25-26-47(58-46)35-21-22-38-33(28-35)20-24-43-37-13-2-1-10-32(37)19-23-44(38)43;8-7(9)5-6-3-1-2-4-12(6,10)11/h1-6,9-17,20,24-26,28-29,45,49H,7-8,18-19,21-23,27,30-31H2,(H,51,54);1-4,6H,5H2,(H2,8,9). The van der Waals surface area contributed by atoms with Crippen LogP contribution in [0.5, 0.6) is 0 Å². The highest BCUT2D eigenvalue weighted by Gasteiger charge is 2.31. The van der Waals surface area contributed by atoms with Gasteiger partial charge in [0.15, 0.2) is 16.1 Å². The number of fused-ring (bicyclic) bond motifs is 8. The number of benzene rings is 5. The van der Waals surface area contributed by atoms with Crippen LogP contribution in [0.15, 0.2) is 145 Å². The summed E-state index contributed by atoms with van der Waals surface area (Å²) < 4.78 is 33.9. The molecule has 3 heterocycles. The molecule has 2 atom stereocenters. The Hall–Kier alpha value is -6.90. The van der Waals surface area contributed by atoms with Gasteiger partial charge in [-0.15, -0.1) is 11.3 Å². The summed E-state index contributed by atoms with van der Waals surface area (Å²) in [7, 11) is -3.29. The predicted molar refractivity (Wildman–Crippen MR) is 275 cm³/mol. The van der Waals surface area contributed by atoms with Gasteiger partial charge in [-0.2, -0.15) is 5.06 Å². The topological polar surface area (TPSA) is 154 Å². The maximum absolute atomic E-state index is 13.9. The monoisotopic (exact) mass is 971 g/mol. The number of rotatable bonds is 11. The number of nitrogens with zero attached hydrogens (tertiary/aromatic N) is 1. The zero-order valence-electron chi connectivity index (χ0n) is 38.6. The van der Waals surface area contributed by atoms with Crippen molar-refractivity contribution in [1.82, 2.24) is 5.32 Å². The van der Waals surface area contributed by atoms with Crippen LogP contribution in [-0.2, 0) is 53.0 Å². The van der Waals surface area contributed by atoms with E-state index in [9.17, 15) is 22.8 Å². The molecule has 0 saturated carbocycles. The van der Waals surface area contributed by atoms with Crippen LogP contribution in [0.25, 0.3) is 44.3 Å². The molecule has 1 aromatic heterocycles. The first-order chi connectivity index (χ1) is 34.1. The molecule has 2 aliphatic heterocycles. The Morgan fingerprint density at radius 2 is 1.50 bits per heavy atom. The molecule has 3 amide bonds. The van der Waals surface area contributed by atoms with Gasteiger partial charge >= 0.3 is 6.09 Å². The van der Waals surface area contributed by atoms with Crippen LogP contribution in [0.2, 0.25) is 0 Å². The number of sulfone groups is 1. The first kappa shape index (κ1) is 46.8. The minimum absolute atomic E-state index is 0.0770. The van der Waals surface area contributed by atoms with Crippen LogP contribution in [0, 0.1) is 0 Å². The molecule has 356 valence electrons. The average molecular weight is 972 g/mol. The molecule has 3 aliphatic carbocycles. The number of ether oxygens (including phenoxy) is 2. The Morgan fingerprint density at radius 1 is 0.757 bits per heavy atom. The van der Waals surface area contributed by atoms with Crippen molar-refractivity contribution in [1.29, 1.82) is 0 Å². The number of hydrogen-bond donors (Lipinski definition) is 2. The summed E-state index contributed by atoms with van der Waals surface area (Å²) in [6.07, 6.45) is 12.3. The van der Waals surface area contributed by atoms with E-state index in [-0.39, 0.29) is 25.5 Å². The van der Waals surface area contributed by atoms with Crippen molar-refractivity contribution in [2.45, 2.75) is 68.8 Å². The summed E-state index contributed by atoms with van der Waals surface area (Å²) >= 11 is 1.76. The van der Waals surface area contributed by atoms with Gasteiger partial charge in [-0.3, -0.25) is 9.59 Å². The minimum Gasteiger partial charge on any atom is -0.449 e. The van der Waals surface area contributed by atoms with E-state index in [1.165, 1.54) is 61.0 Å². The number of allylic oxidation sites excluding steroid dienone is 3. The first-order valence-corrected chi connectivity index (χ1v) is 26.2. The van der Waals surface area contributed by atoms with Gasteiger partial charge in [0, 0.05) is 40.5 Å². The summed E-state index contributed by atoms with van der Waals surface area (Å²) in [5, 5.41) is 4.26. The molecule has 1 saturated heterocycles. The minimum atomic E-state index is -3.29. The number of aryl methyl sites for hydroxylation is 1. The van der Waals surface area contributed by atoms with Crippen LogP contribution in [-0.4, -0.2) is 57.6 Å². The van der Waals surface area contributed by atoms with E-state index in [0.717, 1.165) is 76.6 Å². The highest BCUT2D eigenvalue weighted by atomic mass is 32.2. The van der Waals surface area contributed by atoms with Crippen molar-refractivity contribution in [3.8, 4) is 32.7 Å². The van der Waals surface area contributed by atoms with E-state index in [1.807, 2.05) is 42.5 Å². The smallest absolute Gasteiger partial charge is 0.407 e. The van der Waals surface area contributed by atoms with Crippen molar-refractivity contribution in [2.75, 3.05) is 24.8 Å². The summed E-state index contributed by atoms with van der Waals surface area (Å²) in [6.45, 7) is 0.428. The number of carbonyl (C=O) groups is 3. The van der Waals surface area contributed by atoms with Gasteiger partial charge in [-0.25, -0.2) is 18.0 Å². The van der Waals surface area contributed by atoms with E-state index in [1.54, 1.807) is 17.4 Å². The SMILES string of the molecule is NC(=O)CC1C=CC=CS1(=O)=O.O=C(NCC(=O)N(OC1CCCCO1)c1cccc(-c2ccc(C3=Cc4ccc5c(c4CC3)CCc3ccccc3-5)s2)c1)OCC1c2ccccc2-c2ccccc21. The lowest BCUT2D eigenvalue weighted by Gasteiger charge is -2.29. The molecule has 2 unspecified atom stereocenters. The largest absolute Gasteiger partial charge is 0.449 e. The zero-order chi connectivity index (χ0) is 48.2. The molecule has 6 aromatic rings. The molecular weight excluding hydrogens is 919 g/mol. The number of nitrogens with two attached hydrogens (primary N) is 1. The van der Waals surface area contributed by atoms with Crippen molar-refractivity contribution < 1.29 is 37.1 Å². The van der Waals surface area contributed by atoms with E-state index in [2.05, 4.69) is 90.3 Å². The van der Waals surface area contributed by atoms with Crippen LogP contribution in [0.1, 0.15) is 76.3 Å². The Labute approximate surface area is 412 Å². The fourth-order valence-corrected chi connectivity index (χ4v) is 12.3. The van der Waals surface area contributed by atoms with Gasteiger partial charge in [-0.05, 0) is 130 Å². The van der Waals surface area contributed by atoms with Gasteiger partial charge < -0.3 is 20.5 Å². The van der Waals surface area contributed by atoms with Crippen molar-refractivity contribution >= 4 is 56.4 Å². The number of carbonyl (C=O) groups excluding carboxylic acids is 3. The first-order valence-electron chi connectivity index (χ1n) is 23.8. The highest BCUT2D eigenvalue weighted by Crippen LogP contribution is 2.45. The Balaban J connectivity index is 0.000000416. The second kappa shape index (κ2) is 20.6. The van der Waals surface area contributed by atoms with Gasteiger partial charge in [0.1, 0.15) is 13.2 Å². The van der Waals surface area contributed by atoms with Crippen LogP contribution < -0.4 is 16.1 Å². The van der Waals surface area contributed by atoms with Gasteiger partial charge in [0.05, 0.1) is 10.9 Å². The number of anilines is 1. The number of nitrogens with one attached hydrogen (secondary N) is 1. The lowest BCUT2D eigenvalue weighted by atomic mass is 9.78. The lowest BCUT2D eigenvalue weighted by Crippen LogP contribution is -2.43. The van der Waals surface area contributed by atoms with Crippen LogP contribution >= 0.6 is 11.3 Å². The average Bonchev–Trinajstić information content (AvgIpc) is 4.01. The van der Waals surface area contributed by atoms with E-state index in [0.29, 0.717) is 18.7 Å². The molecule has 11 nitrogen and oxygen atoms in total. The van der Waals surface area contributed by atoms with Crippen molar-refractivity contribution in [2.24, 2.45) is 5.73 Å². The molecule has 0 radical (unpaired) electrons. The van der Waals surface area contributed by atoms with E-state index in [4.69, 9.17) is 20.0 Å². The van der Waals surface area contributed by atoms with Gasteiger partial charge in [0.25, 0.3) is 5.91 Å². The molecule has 11 rings (SSSR count). The molecule has 5 aromatic carbocycles. The molecule has 0 bridgehead atoms. The quantitative estimate of drug-likeness (QED) is 0.122. The second-order valence-electron chi connectivity index (χ2n) is 18.0. The fraction of sp³-hybridized carbons (Fsp3) is 0.246. The summed E-state index contributed by atoms with van der Waals surface area (Å²) in [5.41, 5.74) is 20.9. The highest BCUT2D eigenvalue weighted by molar-refractivity contribution is 7.95. The maximum atomic E-state index is 13.9. The lowest BCUT2D eigenvalue weighted by molar-refractivity contribution is -0.177. The Bertz CT molecular complexity index is 3140. The molecule has 3 N–H and O–H groups in total. The summed E-state index contributed by atoms with van der Waals surface area (Å²) in [6, 6.07) is 42.1. The number of hydrogen-bond acceptors (Lipinski definition) is 9. The normalized spacial score (nSPS) is 18.1. The third-order valence-corrected chi connectivity index (χ3v) is 16.4. The number of hydroxylamine groups is 1. The number of amides is 3. The van der Waals surface area contributed by atoms with Gasteiger partial charge in [0.2, 0.25) is 5.91 Å². The third kappa shape index (κ3) is 10.1. The van der Waals surface area contributed by atoms with Crippen molar-refractivity contribution in [3.05, 3.63) is 183 Å². The number of primary amides is 1. The van der Waals surface area contributed by atoms with Crippen LogP contribution in [0.4, 0.5) is 10.5 Å². The molecular formula is C57H53N3O8S2. The van der Waals surface area contributed by atoms with E-state index >= 15 is 0 Å². The molecule has 0 spiro atoms. The molecule has 1 fully saturated rings. The molecule has 5 aliphatic rings. The number of alkyl carbamates (subject to hydrolysis) is 1.